The monoisotopic (exact) mass is 146 g/mol. The molecule has 0 heterocycles. The molecule has 0 bridgehead atoms. The SMILES string of the molecule is CC(=O)O.O=CO.[KH]. The fourth-order valence-electron chi connectivity index (χ4n) is 0. The van der Waals surface area contributed by atoms with Crippen LogP contribution in [0.4, 0.5) is 0 Å². The summed E-state index contributed by atoms with van der Waals surface area (Å²) in [5.74, 6) is -0.833. The zero-order valence-corrected chi connectivity index (χ0v) is 3.79. The minimum absolute atomic E-state index is 0. The van der Waals surface area contributed by atoms with Crippen LogP contribution in [0.2, 0.25) is 0 Å². The van der Waals surface area contributed by atoms with Gasteiger partial charge in [-0.25, -0.2) is 0 Å². The fraction of sp³-hybridized carbons (Fsp3) is 0.333. The van der Waals surface area contributed by atoms with E-state index in [0.717, 1.165) is 6.92 Å². The first kappa shape index (κ1) is 15.8. The number of hydrogen-bond donors (Lipinski definition) is 2. The molecule has 44 valence electrons. The van der Waals surface area contributed by atoms with Gasteiger partial charge in [-0.3, -0.25) is 9.59 Å². The fourth-order valence-corrected chi connectivity index (χ4v) is 0. The van der Waals surface area contributed by atoms with Gasteiger partial charge in [-0.1, -0.05) is 0 Å². The molecule has 0 rings (SSSR count). The molecule has 0 fully saturated rings. The first-order valence-electron chi connectivity index (χ1n) is 1.42. The number of hydrogen-bond acceptors (Lipinski definition) is 2. The van der Waals surface area contributed by atoms with E-state index >= 15 is 0 Å². The van der Waals surface area contributed by atoms with Crippen molar-refractivity contribution in [2.75, 3.05) is 0 Å². The molecule has 0 aromatic carbocycles. The van der Waals surface area contributed by atoms with Crippen molar-refractivity contribution < 1.29 is 19.8 Å². The quantitative estimate of drug-likeness (QED) is 0.344. The summed E-state index contributed by atoms with van der Waals surface area (Å²) in [5, 5.41) is 14.3. The Morgan fingerprint density at radius 3 is 1.62 bits per heavy atom. The average Bonchev–Trinajstić information content (AvgIpc) is 1.33. The standard InChI is InChI=1S/C2H4O2.CH2O2.K.H/c1-2(3)4;2-1-3;;/h1H3,(H,3,4);1H,(H,2,3);;. The van der Waals surface area contributed by atoms with Crippen LogP contribution in [-0.2, 0) is 9.59 Å². The average molecular weight is 146 g/mol. The molecule has 4 nitrogen and oxygen atoms in total. The van der Waals surface area contributed by atoms with Gasteiger partial charge in [0.15, 0.2) is 0 Å². The Kier molecular flexibility index (Phi) is 31.0. The summed E-state index contributed by atoms with van der Waals surface area (Å²) >= 11 is 0. The summed E-state index contributed by atoms with van der Waals surface area (Å²) in [6.45, 7) is 0.833. The van der Waals surface area contributed by atoms with E-state index in [1.54, 1.807) is 0 Å². The molecule has 0 aromatic rings. The second-order valence-electron chi connectivity index (χ2n) is 0.624. The van der Waals surface area contributed by atoms with E-state index in [2.05, 4.69) is 0 Å². The van der Waals surface area contributed by atoms with Crippen molar-refractivity contribution in [2.45, 2.75) is 6.92 Å². The Morgan fingerprint density at radius 1 is 1.62 bits per heavy atom. The van der Waals surface area contributed by atoms with Gasteiger partial charge < -0.3 is 10.2 Å². The van der Waals surface area contributed by atoms with Crippen molar-refractivity contribution in [3.8, 4) is 0 Å². The summed E-state index contributed by atoms with van der Waals surface area (Å²) in [6, 6.07) is 0. The van der Waals surface area contributed by atoms with E-state index in [0.29, 0.717) is 0 Å². The van der Waals surface area contributed by atoms with E-state index in [1.807, 2.05) is 0 Å². The van der Waals surface area contributed by atoms with Crippen molar-refractivity contribution in [3.05, 3.63) is 0 Å². The molecule has 0 unspecified atom stereocenters. The van der Waals surface area contributed by atoms with Crippen LogP contribution in [0.3, 0.4) is 0 Å². The molecule has 0 saturated carbocycles. The maximum atomic E-state index is 9.00. The van der Waals surface area contributed by atoms with E-state index in [1.165, 1.54) is 0 Å². The Morgan fingerprint density at radius 2 is 1.62 bits per heavy atom. The molecular formula is C3H7KO4. The predicted octanol–water partition coefficient (Wildman–Crippen LogP) is -0.857. The van der Waals surface area contributed by atoms with Crippen molar-refractivity contribution in [1.29, 1.82) is 0 Å². The summed E-state index contributed by atoms with van der Waals surface area (Å²) in [6.07, 6.45) is 0. The van der Waals surface area contributed by atoms with Crippen LogP contribution in [-0.4, -0.2) is 74.0 Å². The third-order valence-electron chi connectivity index (χ3n) is 0. The van der Waals surface area contributed by atoms with Gasteiger partial charge in [0.05, 0.1) is 0 Å². The first-order valence-corrected chi connectivity index (χ1v) is 1.42. The van der Waals surface area contributed by atoms with Crippen LogP contribution < -0.4 is 0 Å². The van der Waals surface area contributed by atoms with E-state index in [9.17, 15) is 0 Å². The predicted molar refractivity (Wildman–Crippen MR) is 29.2 cm³/mol. The summed E-state index contributed by atoms with van der Waals surface area (Å²) in [4.78, 5) is 17.4. The van der Waals surface area contributed by atoms with Crippen molar-refractivity contribution in [2.24, 2.45) is 0 Å². The number of aliphatic carboxylic acids is 1. The number of carboxylic acid groups (broad SMARTS) is 2. The normalized spacial score (nSPS) is 4.62. The first-order chi connectivity index (χ1) is 3.15. The van der Waals surface area contributed by atoms with E-state index in [4.69, 9.17) is 19.8 Å². The molecule has 0 spiro atoms. The van der Waals surface area contributed by atoms with Crippen LogP contribution in [0, 0.1) is 0 Å². The molecular weight excluding hydrogens is 139 g/mol. The molecule has 0 atom stereocenters. The Balaban J connectivity index is -0.0000000575. The van der Waals surface area contributed by atoms with Gasteiger partial charge in [-0.05, 0) is 0 Å². The van der Waals surface area contributed by atoms with Crippen LogP contribution >= 0.6 is 0 Å². The number of carbonyl (C=O) groups is 2. The molecule has 0 aliphatic heterocycles. The molecule has 8 heavy (non-hydrogen) atoms. The van der Waals surface area contributed by atoms with Crippen LogP contribution in [0.15, 0.2) is 0 Å². The van der Waals surface area contributed by atoms with Gasteiger partial charge in [0, 0.05) is 6.92 Å². The topological polar surface area (TPSA) is 74.6 Å². The van der Waals surface area contributed by atoms with Crippen LogP contribution in [0.5, 0.6) is 0 Å². The number of carboxylic acids is 1. The molecule has 0 aromatic heterocycles. The van der Waals surface area contributed by atoms with Gasteiger partial charge in [0.1, 0.15) is 0 Å². The minimum atomic E-state index is -0.833. The maximum absolute atomic E-state index is 9.00. The van der Waals surface area contributed by atoms with Crippen molar-refractivity contribution >= 4 is 63.8 Å². The zero-order chi connectivity index (χ0) is 6.28. The summed E-state index contributed by atoms with van der Waals surface area (Å²) in [5.41, 5.74) is 0. The van der Waals surface area contributed by atoms with Gasteiger partial charge >= 0.3 is 51.4 Å². The van der Waals surface area contributed by atoms with Gasteiger partial charge in [-0.15, -0.1) is 0 Å². The second-order valence-corrected chi connectivity index (χ2v) is 0.624. The second kappa shape index (κ2) is 15.6. The molecule has 2 N–H and O–H groups in total. The van der Waals surface area contributed by atoms with Crippen molar-refractivity contribution in [3.63, 3.8) is 0 Å². The Labute approximate surface area is 89.3 Å². The molecule has 0 radical (unpaired) electrons. The molecule has 0 saturated heterocycles. The number of rotatable bonds is 0. The van der Waals surface area contributed by atoms with Gasteiger partial charge in [-0.2, -0.15) is 0 Å². The summed E-state index contributed by atoms with van der Waals surface area (Å²) in [7, 11) is 0. The third-order valence-corrected chi connectivity index (χ3v) is 0. The third kappa shape index (κ3) is 616. The molecule has 0 amide bonds. The van der Waals surface area contributed by atoms with Crippen LogP contribution in [0.1, 0.15) is 6.92 Å². The van der Waals surface area contributed by atoms with Crippen molar-refractivity contribution in [1.82, 2.24) is 0 Å². The molecule has 0 aliphatic rings. The zero-order valence-electron chi connectivity index (χ0n) is 3.79. The molecule has 5 heteroatoms. The molecule has 0 aliphatic carbocycles. The van der Waals surface area contributed by atoms with Gasteiger partial charge in [0.25, 0.3) is 12.4 Å². The summed E-state index contributed by atoms with van der Waals surface area (Å²) < 4.78 is 0. The Bertz CT molecular complexity index is 58.3. The van der Waals surface area contributed by atoms with E-state index in [-0.39, 0.29) is 57.9 Å². The van der Waals surface area contributed by atoms with Gasteiger partial charge in [0.2, 0.25) is 0 Å². The Hall–Kier alpha value is 0.576. The van der Waals surface area contributed by atoms with E-state index < -0.39 is 5.97 Å². The van der Waals surface area contributed by atoms with Crippen LogP contribution in [0.25, 0.3) is 0 Å².